The number of aromatic amines is 1. The predicted octanol–water partition coefficient (Wildman–Crippen LogP) is 3.40. The van der Waals surface area contributed by atoms with E-state index in [9.17, 15) is 9.59 Å². The number of anilines is 1. The van der Waals surface area contributed by atoms with Crippen LogP contribution in [0.3, 0.4) is 0 Å². The van der Waals surface area contributed by atoms with Gasteiger partial charge in [0, 0.05) is 23.5 Å². The number of nitrogens with one attached hydrogen (secondary N) is 3. The van der Waals surface area contributed by atoms with Crippen molar-refractivity contribution in [3.05, 3.63) is 54.9 Å². The lowest BCUT2D eigenvalue weighted by atomic mass is 10.1. The van der Waals surface area contributed by atoms with Gasteiger partial charge in [-0.05, 0) is 39.0 Å². The minimum Gasteiger partial charge on any atom is -0.437 e. The van der Waals surface area contributed by atoms with Crippen molar-refractivity contribution in [2.24, 2.45) is 0 Å². The van der Waals surface area contributed by atoms with Crippen LogP contribution in [0.15, 0.2) is 49.3 Å². The van der Waals surface area contributed by atoms with E-state index in [1.165, 1.54) is 12.3 Å². The van der Waals surface area contributed by atoms with E-state index in [2.05, 4.69) is 32.2 Å². The molecule has 0 atom stereocenters. The lowest BCUT2D eigenvalue weighted by molar-refractivity contribution is -0.111. The Balaban J connectivity index is 1.86. The fraction of sp³-hybridized carbons (Fsp3) is 0.200. The van der Waals surface area contributed by atoms with E-state index < -0.39 is 0 Å². The van der Waals surface area contributed by atoms with Crippen molar-refractivity contribution in [2.75, 3.05) is 5.32 Å². The van der Waals surface area contributed by atoms with Crippen LogP contribution in [-0.4, -0.2) is 32.3 Å². The van der Waals surface area contributed by atoms with Crippen molar-refractivity contribution in [2.45, 2.75) is 26.3 Å². The van der Waals surface area contributed by atoms with Gasteiger partial charge in [0.15, 0.2) is 5.65 Å². The highest BCUT2D eigenvalue weighted by atomic mass is 16.5. The summed E-state index contributed by atoms with van der Waals surface area (Å²) in [7, 11) is 0. The molecule has 1 aromatic carbocycles. The van der Waals surface area contributed by atoms with Gasteiger partial charge in [-0.2, -0.15) is 0 Å². The number of nitrogens with zero attached hydrogens (tertiary/aromatic N) is 2. The molecule has 0 bridgehead atoms. The quantitative estimate of drug-likeness (QED) is 0.589. The zero-order valence-electron chi connectivity index (χ0n) is 15.9. The maximum atomic E-state index is 12.5. The molecular weight excluding hydrogens is 358 g/mol. The number of carbonyl (C=O) groups excluding carboxylic acids is 2. The fourth-order valence-corrected chi connectivity index (χ4v) is 2.46. The molecule has 144 valence electrons. The summed E-state index contributed by atoms with van der Waals surface area (Å²) in [5.41, 5.74) is 1.46. The van der Waals surface area contributed by atoms with E-state index in [-0.39, 0.29) is 23.2 Å². The number of hydrogen-bond acceptors (Lipinski definition) is 5. The standard InChI is InChI=1S/C20H21N5O3/c1-5-15(26)23-12-7-6-8-13(9-12)28-16-11-22-18-17(24-16)14(10-21-18)19(27)25-20(2,3)4/h5-11H,1H2,2-4H3,(H,21,22)(H,23,26)(H,25,27). The number of ether oxygens (including phenoxy) is 1. The molecule has 28 heavy (non-hydrogen) atoms. The Hall–Kier alpha value is -3.68. The molecule has 2 heterocycles. The van der Waals surface area contributed by atoms with E-state index >= 15 is 0 Å². The third-order valence-electron chi connectivity index (χ3n) is 3.60. The Morgan fingerprint density at radius 1 is 1.29 bits per heavy atom. The highest BCUT2D eigenvalue weighted by Gasteiger charge is 2.20. The second kappa shape index (κ2) is 7.51. The van der Waals surface area contributed by atoms with Crippen molar-refractivity contribution in [1.82, 2.24) is 20.3 Å². The number of amides is 2. The normalized spacial score (nSPS) is 11.1. The van der Waals surface area contributed by atoms with Crippen LogP contribution >= 0.6 is 0 Å². The van der Waals surface area contributed by atoms with Gasteiger partial charge in [0.1, 0.15) is 11.3 Å². The molecule has 0 saturated heterocycles. The van der Waals surface area contributed by atoms with Crippen LogP contribution in [0.2, 0.25) is 0 Å². The van der Waals surface area contributed by atoms with Gasteiger partial charge < -0.3 is 20.4 Å². The molecule has 0 aliphatic rings. The van der Waals surface area contributed by atoms with Crippen LogP contribution < -0.4 is 15.4 Å². The highest BCUT2D eigenvalue weighted by molar-refractivity contribution is 6.04. The molecule has 0 unspecified atom stereocenters. The second-order valence-corrected chi connectivity index (χ2v) is 7.14. The lowest BCUT2D eigenvalue weighted by Crippen LogP contribution is -2.40. The predicted molar refractivity (Wildman–Crippen MR) is 106 cm³/mol. The molecule has 3 N–H and O–H groups in total. The Morgan fingerprint density at radius 3 is 2.79 bits per heavy atom. The summed E-state index contributed by atoms with van der Waals surface area (Å²) in [6, 6.07) is 6.83. The Morgan fingerprint density at radius 2 is 2.07 bits per heavy atom. The summed E-state index contributed by atoms with van der Waals surface area (Å²) in [6.45, 7) is 9.12. The van der Waals surface area contributed by atoms with Gasteiger partial charge in [-0.1, -0.05) is 12.6 Å². The van der Waals surface area contributed by atoms with Crippen molar-refractivity contribution < 1.29 is 14.3 Å². The Kier molecular flexibility index (Phi) is 5.12. The monoisotopic (exact) mass is 379 g/mol. The molecule has 0 spiro atoms. The first-order valence-corrected chi connectivity index (χ1v) is 8.63. The Bertz CT molecular complexity index is 1050. The zero-order valence-corrected chi connectivity index (χ0v) is 15.9. The average molecular weight is 379 g/mol. The molecular formula is C20H21N5O3. The van der Waals surface area contributed by atoms with E-state index in [0.29, 0.717) is 28.2 Å². The molecule has 0 saturated carbocycles. The van der Waals surface area contributed by atoms with Gasteiger partial charge >= 0.3 is 0 Å². The van der Waals surface area contributed by atoms with Crippen LogP contribution in [0.25, 0.3) is 11.2 Å². The third-order valence-corrected chi connectivity index (χ3v) is 3.60. The first-order valence-electron chi connectivity index (χ1n) is 8.63. The lowest BCUT2D eigenvalue weighted by Gasteiger charge is -2.19. The zero-order chi connectivity index (χ0) is 20.3. The molecule has 0 aliphatic heterocycles. The van der Waals surface area contributed by atoms with Gasteiger partial charge in [-0.15, -0.1) is 0 Å². The topological polar surface area (TPSA) is 109 Å². The molecule has 0 radical (unpaired) electrons. The summed E-state index contributed by atoms with van der Waals surface area (Å²) in [5.74, 6) is 0.121. The molecule has 3 rings (SSSR count). The van der Waals surface area contributed by atoms with E-state index in [4.69, 9.17) is 4.74 Å². The van der Waals surface area contributed by atoms with E-state index in [1.807, 2.05) is 20.8 Å². The fourth-order valence-electron chi connectivity index (χ4n) is 2.46. The van der Waals surface area contributed by atoms with Crippen molar-refractivity contribution in [3.63, 3.8) is 0 Å². The first kappa shape index (κ1) is 19.1. The summed E-state index contributed by atoms with van der Waals surface area (Å²) >= 11 is 0. The van der Waals surface area contributed by atoms with Gasteiger partial charge in [0.25, 0.3) is 5.91 Å². The van der Waals surface area contributed by atoms with Gasteiger partial charge in [-0.25, -0.2) is 9.97 Å². The maximum Gasteiger partial charge on any atom is 0.255 e. The van der Waals surface area contributed by atoms with Crippen LogP contribution in [0.1, 0.15) is 31.1 Å². The van der Waals surface area contributed by atoms with Crippen molar-refractivity contribution >= 4 is 28.7 Å². The number of benzene rings is 1. The number of aromatic nitrogens is 3. The van der Waals surface area contributed by atoms with Gasteiger partial charge in [-0.3, -0.25) is 9.59 Å². The van der Waals surface area contributed by atoms with Crippen LogP contribution in [0, 0.1) is 0 Å². The molecule has 8 heteroatoms. The number of carbonyl (C=O) groups is 2. The average Bonchev–Trinajstić information content (AvgIpc) is 3.04. The smallest absolute Gasteiger partial charge is 0.255 e. The first-order chi connectivity index (χ1) is 13.2. The molecule has 2 aromatic heterocycles. The maximum absolute atomic E-state index is 12.5. The van der Waals surface area contributed by atoms with E-state index in [1.54, 1.807) is 30.5 Å². The molecule has 8 nitrogen and oxygen atoms in total. The van der Waals surface area contributed by atoms with Crippen LogP contribution in [-0.2, 0) is 4.79 Å². The SMILES string of the molecule is C=CC(=O)Nc1cccc(Oc2cnc3[nH]cc(C(=O)NC(C)(C)C)c3n2)c1. The molecule has 2 amide bonds. The molecule has 0 fully saturated rings. The number of hydrogen-bond donors (Lipinski definition) is 3. The van der Waals surface area contributed by atoms with Gasteiger partial charge in [0.2, 0.25) is 11.8 Å². The Labute approximate surface area is 162 Å². The summed E-state index contributed by atoms with van der Waals surface area (Å²) in [5, 5.41) is 5.56. The largest absolute Gasteiger partial charge is 0.437 e. The van der Waals surface area contributed by atoms with Crippen molar-refractivity contribution in [3.8, 4) is 11.6 Å². The summed E-state index contributed by atoms with van der Waals surface area (Å²) in [4.78, 5) is 35.5. The third kappa shape index (κ3) is 4.53. The highest BCUT2D eigenvalue weighted by Crippen LogP contribution is 2.25. The number of fused-ring (bicyclic) bond motifs is 1. The summed E-state index contributed by atoms with van der Waals surface area (Å²) < 4.78 is 5.75. The van der Waals surface area contributed by atoms with Gasteiger partial charge in [0.05, 0.1) is 11.8 Å². The second-order valence-electron chi connectivity index (χ2n) is 7.14. The van der Waals surface area contributed by atoms with Crippen LogP contribution in [0.5, 0.6) is 11.6 Å². The molecule has 3 aromatic rings. The minimum absolute atomic E-state index is 0.226. The van der Waals surface area contributed by atoms with Crippen LogP contribution in [0.4, 0.5) is 5.69 Å². The minimum atomic E-state index is -0.376. The number of rotatable bonds is 5. The summed E-state index contributed by atoms with van der Waals surface area (Å²) in [6.07, 6.45) is 4.21. The van der Waals surface area contributed by atoms with Crippen molar-refractivity contribution in [1.29, 1.82) is 0 Å². The van der Waals surface area contributed by atoms with E-state index in [0.717, 1.165) is 0 Å². The molecule has 0 aliphatic carbocycles. The number of H-pyrrole nitrogens is 1.